The number of carbonyl (C=O) groups is 1. The Kier molecular flexibility index (Phi) is 5.12. The number of carbonyl (C=O) groups excluding carboxylic acids is 1. The second-order valence-corrected chi connectivity index (χ2v) is 7.67. The summed E-state index contributed by atoms with van der Waals surface area (Å²) in [5.74, 6) is 0. The van der Waals surface area contributed by atoms with Crippen LogP contribution in [0.2, 0.25) is 0 Å². The third kappa shape index (κ3) is 3.69. The molecule has 1 aliphatic carbocycles. The second kappa shape index (κ2) is 7.69. The monoisotopic (exact) mass is 365 g/mol. The molecule has 0 bridgehead atoms. The Morgan fingerprint density at radius 2 is 2.07 bits per heavy atom. The van der Waals surface area contributed by atoms with Gasteiger partial charge in [0, 0.05) is 30.4 Å². The van der Waals surface area contributed by atoms with Crippen molar-refractivity contribution >= 4 is 6.03 Å². The Morgan fingerprint density at radius 1 is 1.26 bits per heavy atom. The van der Waals surface area contributed by atoms with E-state index >= 15 is 0 Å². The van der Waals surface area contributed by atoms with Crippen LogP contribution in [0, 0.1) is 6.92 Å². The highest BCUT2D eigenvalue weighted by Crippen LogP contribution is 2.42. The van der Waals surface area contributed by atoms with Gasteiger partial charge < -0.3 is 15.0 Å². The van der Waals surface area contributed by atoms with E-state index in [1.807, 2.05) is 35.4 Å². The maximum Gasteiger partial charge on any atom is 0.317 e. The van der Waals surface area contributed by atoms with Crippen molar-refractivity contribution in [1.29, 1.82) is 0 Å². The molecule has 1 aromatic carbocycles. The smallest absolute Gasteiger partial charge is 0.317 e. The molecule has 2 amide bonds. The summed E-state index contributed by atoms with van der Waals surface area (Å²) in [6.45, 7) is 4.52. The molecule has 1 aliphatic heterocycles. The van der Waals surface area contributed by atoms with Crippen molar-refractivity contribution < 1.29 is 9.53 Å². The third-order valence-electron chi connectivity index (χ3n) is 5.99. The Hall–Kier alpha value is -2.40. The lowest BCUT2D eigenvalue weighted by molar-refractivity contribution is -0.0160. The van der Waals surface area contributed by atoms with Gasteiger partial charge in [-0.25, -0.2) is 4.79 Å². The number of pyridine rings is 1. The zero-order valence-electron chi connectivity index (χ0n) is 15.9. The predicted molar refractivity (Wildman–Crippen MR) is 105 cm³/mol. The molecule has 142 valence electrons. The quantitative estimate of drug-likeness (QED) is 0.901. The minimum absolute atomic E-state index is 0.000842. The van der Waals surface area contributed by atoms with E-state index in [0.29, 0.717) is 26.2 Å². The van der Waals surface area contributed by atoms with Gasteiger partial charge in [-0.1, -0.05) is 36.8 Å². The normalized spacial score (nSPS) is 21.4. The summed E-state index contributed by atoms with van der Waals surface area (Å²) in [4.78, 5) is 19.2. The molecule has 4 rings (SSSR count). The van der Waals surface area contributed by atoms with Crippen LogP contribution in [0.1, 0.15) is 42.2 Å². The number of morpholine rings is 1. The highest BCUT2D eigenvalue weighted by molar-refractivity contribution is 5.74. The van der Waals surface area contributed by atoms with Crippen LogP contribution in [-0.4, -0.2) is 42.2 Å². The average molecular weight is 365 g/mol. The number of amides is 2. The van der Waals surface area contributed by atoms with Crippen molar-refractivity contribution in [2.45, 2.75) is 37.7 Å². The van der Waals surface area contributed by atoms with Gasteiger partial charge >= 0.3 is 6.03 Å². The minimum atomic E-state index is -0.0563. The topological polar surface area (TPSA) is 54.5 Å². The number of aryl methyl sites for hydroxylation is 1. The SMILES string of the molecule is Cc1ccccc1C1CN(C(=O)NCC2(c3ccccn3)CCC2)CCO1. The predicted octanol–water partition coefficient (Wildman–Crippen LogP) is 3.59. The summed E-state index contributed by atoms with van der Waals surface area (Å²) in [6, 6.07) is 14.3. The van der Waals surface area contributed by atoms with Crippen molar-refractivity contribution in [3.8, 4) is 0 Å². The third-order valence-corrected chi connectivity index (χ3v) is 5.99. The first kappa shape index (κ1) is 18.0. The van der Waals surface area contributed by atoms with Gasteiger partial charge in [-0.05, 0) is 43.0 Å². The van der Waals surface area contributed by atoms with Crippen LogP contribution >= 0.6 is 0 Å². The van der Waals surface area contributed by atoms with E-state index in [4.69, 9.17) is 4.74 Å². The van der Waals surface area contributed by atoms with Gasteiger partial charge in [0.1, 0.15) is 6.10 Å². The lowest BCUT2D eigenvalue weighted by Crippen LogP contribution is -2.52. The van der Waals surface area contributed by atoms with Crippen LogP contribution in [0.15, 0.2) is 48.7 Å². The molecular weight excluding hydrogens is 338 g/mol. The molecule has 1 saturated heterocycles. The number of nitrogens with one attached hydrogen (secondary N) is 1. The summed E-state index contributed by atoms with van der Waals surface area (Å²) in [5, 5.41) is 3.17. The molecule has 2 aliphatic rings. The van der Waals surface area contributed by atoms with Crippen molar-refractivity contribution in [3.63, 3.8) is 0 Å². The highest BCUT2D eigenvalue weighted by Gasteiger charge is 2.40. The summed E-state index contributed by atoms with van der Waals surface area (Å²) in [5.41, 5.74) is 3.46. The second-order valence-electron chi connectivity index (χ2n) is 7.67. The van der Waals surface area contributed by atoms with E-state index < -0.39 is 0 Å². The fourth-order valence-corrected chi connectivity index (χ4v) is 4.13. The number of ether oxygens (including phenoxy) is 1. The number of benzene rings is 1. The number of aromatic nitrogens is 1. The molecule has 5 nitrogen and oxygen atoms in total. The molecule has 0 radical (unpaired) electrons. The lowest BCUT2D eigenvalue weighted by Gasteiger charge is -2.42. The fourth-order valence-electron chi connectivity index (χ4n) is 4.13. The molecular formula is C22H27N3O2. The number of nitrogens with zero attached hydrogens (tertiary/aromatic N) is 2. The fraction of sp³-hybridized carbons (Fsp3) is 0.455. The van der Waals surface area contributed by atoms with Crippen molar-refractivity contribution in [2.24, 2.45) is 0 Å². The van der Waals surface area contributed by atoms with Crippen LogP contribution in [-0.2, 0) is 10.2 Å². The van der Waals surface area contributed by atoms with Gasteiger partial charge in [0.2, 0.25) is 0 Å². The molecule has 0 spiro atoms. The van der Waals surface area contributed by atoms with Gasteiger partial charge in [-0.2, -0.15) is 0 Å². The zero-order valence-corrected chi connectivity index (χ0v) is 15.9. The number of urea groups is 1. The Labute approximate surface area is 160 Å². The maximum atomic E-state index is 12.8. The van der Waals surface area contributed by atoms with E-state index in [0.717, 1.165) is 18.5 Å². The van der Waals surface area contributed by atoms with E-state index in [9.17, 15) is 4.79 Å². The first-order valence-electron chi connectivity index (χ1n) is 9.79. The first-order valence-corrected chi connectivity index (χ1v) is 9.79. The Bertz CT molecular complexity index is 789. The van der Waals surface area contributed by atoms with Gasteiger partial charge in [-0.3, -0.25) is 4.98 Å². The Morgan fingerprint density at radius 3 is 2.78 bits per heavy atom. The van der Waals surface area contributed by atoms with Crippen LogP contribution in [0.4, 0.5) is 4.79 Å². The van der Waals surface area contributed by atoms with Crippen molar-refractivity contribution in [1.82, 2.24) is 15.2 Å². The molecule has 1 unspecified atom stereocenters. The lowest BCUT2D eigenvalue weighted by atomic mass is 9.66. The zero-order chi connectivity index (χ0) is 18.7. The van der Waals surface area contributed by atoms with Gasteiger partial charge in [0.05, 0.1) is 13.2 Å². The van der Waals surface area contributed by atoms with Gasteiger partial charge in [0.25, 0.3) is 0 Å². The molecule has 1 atom stereocenters. The largest absolute Gasteiger partial charge is 0.370 e. The molecule has 27 heavy (non-hydrogen) atoms. The van der Waals surface area contributed by atoms with Crippen molar-refractivity contribution in [2.75, 3.05) is 26.2 Å². The molecule has 2 fully saturated rings. The molecule has 1 N–H and O–H groups in total. The van der Waals surface area contributed by atoms with Crippen LogP contribution in [0.3, 0.4) is 0 Å². The Balaban J connectivity index is 1.39. The number of rotatable bonds is 4. The molecule has 1 saturated carbocycles. The van der Waals surface area contributed by atoms with E-state index in [-0.39, 0.29) is 17.6 Å². The highest BCUT2D eigenvalue weighted by atomic mass is 16.5. The summed E-state index contributed by atoms with van der Waals surface area (Å²) < 4.78 is 5.94. The molecule has 1 aromatic heterocycles. The first-order chi connectivity index (χ1) is 13.2. The standard InChI is InChI=1S/C22H27N3O2/c1-17-7-2-3-8-18(17)19-15-25(13-14-27-19)21(26)24-16-22(10-6-11-22)20-9-4-5-12-23-20/h2-5,7-9,12,19H,6,10-11,13-16H2,1H3,(H,24,26). The van der Waals surface area contributed by atoms with E-state index in [1.165, 1.54) is 17.5 Å². The average Bonchev–Trinajstić information content (AvgIpc) is 2.68. The van der Waals surface area contributed by atoms with Crippen molar-refractivity contribution in [3.05, 3.63) is 65.5 Å². The van der Waals surface area contributed by atoms with Crippen LogP contribution < -0.4 is 5.32 Å². The minimum Gasteiger partial charge on any atom is -0.370 e. The number of hydrogen-bond acceptors (Lipinski definition) is 3. The summed E-state index contributed by atoms with van der Waals surface area (Å²) >= 11 is 0. The molecule has 5 heteroatoms. The molecule has 2 heterocycles. The maximum absolute atomic E-state index is 12.8. The van der Waals surface area contributed by atoms with Crippen LogP contribution in [0.25, 0.3) is 0 Å². The molecule has 2 aromatic rings. The van der Waals surface area contributed by atoms with Gasteiger partial charge in [-0.15, -0.1) is 0 Å². The van der Waals surface area contributed by atoms with E-state index in [1.54, 1.807) is 0 Å². The summed E-state index contributed by atoms with van der Waals surface area (Å²) in [6.07, 6.45) is 5.14. The van der Waals surface area contributed by atoms with Gasteiger partial charge in [0.15, 0.2) is 0 Å². The number of hydrogen-bond donors (Lipinski definition) is 1. The van der Waals surface area contributed by atoms with Crippen LogP contribution in [0.5, 0.6) is 0 Å². The summed E-state index contributed by atoms with van der Waals surface area (Å²) in [7, 11) is 0. The van der Waals surface area contributed by atoms with E-state index in [2.05, 4.69) is 35.4 Å².